The molecule has 5 aromatic rings. The van der Waals surface area contributed by atoms with Crippen LogP contribution in [-0.4, -0.2) is 75.9 Å². The van der Waals surface area contributed by atoms with Gasteiger partial charge in [0.05, 0.1) is 30.2 Å². The molecule has 264 valence electrons. The van der Waals surface area contributed by atoms with Gasteiger partial charge >= 0.3 is 5.69 Å². The molecule has 2 fully saturated rings. The molecule has 12 nitrogen and oxygen atoms in total. The second-order valence-electron chi connectivity index (χ2n) is 12.4. The molecule has 2 aromatic heterocycles. The predicted octanol–water partition coefficient (Wildman–Crippen LogP) is 4.80. The first kappa shape index (κ1) is 35.5. The topological polar surface area (TPSA) is 126 Å². The van der Waals surface area contributed by atoms with Crippen LogP contribution in [0.1, 0.15) is 25.2 Å². The van der Waals surface area contributed by atoms with Gasteiger partial charge in [0.2, 0.25) is 5.79 Å². The van der Waals surface area contributed by atoms with Gasteiger partial charge in [-0.25, -0.2) is 19.4 Å². The summed E-state index contributed by atoms with van der Waals surface area (Å²) in [5, 5.41) is 17.0. The highest BCUT2D eigenvalue weighted by Crippen LogP contribution is 2.40. The van der Waals surface area contributed by atoms with E-state index in [1.54, 1.807) is 50.0 Å². The molecule has 0 radical (unpaired) electrons. The Hall–Kier alpha value is -4.33. The second kappa shape index (κ2) is 15.7. The summed E-state index contributed by atoms with van der Waals surface area (Å²) in [6, 6.07) is 21.5. The van der Waals surface area contributed by atoms with Gasteiger partial charge in [0.1, 0.15) is 24.3 Å². The number of H-pyrrole nitrogens is 1. The summed E-state index contributed by atoms with van der Waals surface area (Å²) < 4.78 is 22.4. The summed E-state index contributed by atoms with van der Waals surface area (Å²) in [4.78, 5) is 20.9. The van der Waals surface area contributed by atoms with Crippen LogP contribution in [0.3, 0.4) is 0 Å². The summed E-state index contributed by atoms with van der Waals surface area (Å²) in [7, 11) is 0. The highest BCUT2D eigenvalue weighted by atomic mass is 35.5. The molecule has 2 unspecified atom stereocenters. The van der Waals surface area contributed by atoms with E-state index < -0.39 is 11.9 Å². The number of benzene rings is 3. The fourth-order valence-corrected chi connectivity index (χ4v) is 6.59. The monoisotopic (exact) mass is 720 g/mol. The van der Waals surface area contributed by atoms with Gasteiger partial charge < -0.3 is 33.7 Å². The summed E-state index contributed by atoms with van der Waals surface area (Å²) in [6.07, 6.45) is 4.57. The number of nitrogens with one attached hydrogen (secondary N) is 1. The van der Waals surface area contributed by atoms with E-state index in [1.165, 1.54) is 0 Å². The van der Waals surface area contributed by atoms with Gasteiger partial charge in [-0.05, 0) is 67.6 Å². The Morgan fingerprint density at radius 1 is 0.980 bits per heavy atom. The van der Waals surface area contributed by atoms with Crippen LogP contribution in [0.2, 0.25) is 10.0 Å². The minimum Gasteiger partial charge on any atom is -0.852 e. The zero-order valence-electron chi connectivity index (χ0n) is 28.2. The number of aromatic nitrogens is 5. The highest BCUT2D eigenvalue weighted by Gasteiger charge is 2.45. The van der Waals surface area contributed by atoms with Crippen molar-refractivity contribution in [2.24, 2.45) is 0 Å². The molecular weight excluding hydrogens is 681 g/mol. The number of hydrogen-bond acceptors (Lipinski definition) is 9. The number of halogens is 2. The van der Waals surface area contributed by atoms with Crippen LogP contribution in [0.15, 0.2) is 90.2 Å². The molecule has 0 saturated carbocycles. The number of aromatic amines is 1. The lowest BCUT2D eigenvalue weighted by Gasteiger charge is -2.37. The molecule has 3 aromatic carbocycles. The van der Waals surface area contributed by atoms with E-state index in [0.717, 1.165) is 49.0 Å². The Morgan fingerprint density at radius 3 is 2.16 bits per heavy atom. The van der Waals surface area contributed by atoms with Crippen LogP contribution < -0.4 is 25.3 Å². The number of rotatable bonds is 9. The van der Waals surface area contributed by atoms with Crippen LogP contribution in [0.25, 0.3) is 5.69 Å². The number of imidazole rings is 1. The van der Waals surface area contributed by atoms with Gasteiger partial charge in [0, 0.05) is 60.5 Å². The average molecular weight is 722 g/mol. The number of piperazine rings is 1. The first-order valence-electron chi connectivity index (χ1n) is 16.5. The molecule has 2 aliphatic heterocycles. The van der Waals surface area contributed by atoms with Crippen molar-refractivity contribution in [3.8, 4) is 11.4 Å². The zero-order valence-corrected chi connectivity index (χ0v) is 29.7. The third-order valence-corrected chi connectivity index (χ3v) is 8.93. The molecule has 1 N–H and O–H groups in total. The zero-order chi connectivity index (χ0) is 35.3. The Balaban J connectivity index is 0.00000103. The maximum atomic E-state index is 12.1. The van der Waals surface area contributed by atoms with Crippen molar-refractivity contribution in [3.63, 3.8) is 0 Å². The third-order valence-electron chi connectivity index (χ3n) is 8.38. The van der Waals surface area contributed by atoms with Crippen molar-refractivity contribution in [1.29, 1.82) is 0 Å². The predicted molar refractivity (Wildman–Crippen MR) is 192 cm³/mol. The van der Waals surface area contributed by atoms with E-state index in [-0.39, 0.29) is 11.8 Å². The fourth-order valence-electron chi connectivity index (χ4n) is 6.03. The summed E-state index contributed by atoms with van der Waals surface area (Å²) >= 11 is 12.8. The molecule has 0 aliphatic carbocycles. The van der Waals surface area contributed by atoms with Crippen LogP contribution in [0.5, 0.6) is 5.75 Å². The molecule has 14 heteroatoms. The van der Waals surface area contributed by atoms with E-state index in [2.05, 4.69) is 49.2 Å². The van der Waals surface area contributed by atoms with Crippen molar-refractivity contribution < 1.29 is 19.3 Å². The summed E-state index contributed by atoms with van der Waals surface area (Å²) in [5.74, 6) is 0.296. The quantitative estimate of drug-likeness (QED) is 0.229. The van der Waals surface area contributed by atoms with Gasteiger partial charge in [-0.2, -0.15) is 5.10 Å². The van der Waals surface area contributed by atoms with E-state index in [1.807, 2.05) is 41.1 Å². The minimum atomic E-state index is -1.09. The molecule has 7 rings (SSSR count). The standard InChI is InChI=1S/C33H33Cl2N7O4.C3H7O/c1-23-37-38-32(43)42(23)27-5-3-25(4-6-27)40-14-16-41(17-15-40)26-7-9-28(10-8-26)44-19-29-20-45-33(46-29,21-39-13-12-36-22-39)30-11-2-24(34)18-31(30)35;1-3(2)4/h2-13,18,22,29H,14-17,19-21H2,1H3,(H,38,43);3H,1-2H3/q;-1. The Morgan fingerprint density at radius 2 is 1.60 bits per heavy atom. The second-order valence-corrected chi connectivity index (χ2v) is 13.3. The Kier molecular flexibility index (Phi) is 11.1. The van der Waals surface area contributed by atoms with Gasteiger partial charge in [-0.15, -0.1) is 6.10 Å². The summed E-state index contributed by atoms with van der Waals surface area (Å²) in [6.45, 7) is 9.63. The molecule has 2 saturated heterocycles. The number of ether oxygens (including phenoxy) is 3. The SMILES string of the molecule is CC(C)[O-].Cc1n[nH]c(=O)n1-c1ccc(N2CCN(c3ccc(OCC4COC(Cn5ccnc5)(c5ccc(Cl)cc5Cl)O4)cc3)CC2)cc1. The Bertz CT molecular complexity index is 1890. The van der Waals surface area contributed by atoms with Crippen LogP contribution >= 0.6 is 23.2 Å². The lowest BCUT2D eigenvalue weighted by atomic mass is 10.1. The van der Waals surface area contributed by atoms with Crippen molar-refractivity contribution in [3.05, 3.63) is 117 Å². The first-order chi connectivity index (χ1) is 24.1. The first-order valence-corrected chi connectivity index (χ1v) is 17.2. The molecule has 0 spiro atoms. The molecule has 4 heterocycles. The molecule has 2 aliphatic rings. The van der Waals surface area contributed by atoms with E-state index in [0.29, 0.717) is 41.2 Å². The minimum absolute atomic E-state index is 0.237. The van der Waals surface area contributed by atoms with E-state index in [9.17, 15) is 9.90 Å². The molecule has 0 bridgehead atoms. The van der Waals surface area contributed by atoms with Gasteiger partial charge in [0.25, 0.3) is 0 Å². The van der Waals surface area contributed by atoms with Gasteiger partial charge in [0.15, 0.2) is 0 Å². The molecule has 50 heavy (non-hydrogen) atoms. The highest BCUT2D eigenvalue weighted by molar-refractivity contribution is 6.35. The van der Waals surface area contributed by atoms with Crippen LogP contribution in [-0.2, 0) is 21.8 Å². The average Bonchev–Trinajstić information content (AvgIpc) is 3.85. The summed E-state index contributed by atoms with van der Waals surface area (Å²) in [5.41, 5.74) is 3.55. The lowest BCUT2D eigenvalue weighted by molar-refractivity contribution is -0.407. The van der Waals surface area contributed by atoms with Crippen molar-refractivity contribution in [2.45, 2.75) is 45.3 Å². The molecule has 0 amide bonds. The largest absolute Gasteiger partial charge is 0.852 e. The Labute approximate surface area is 300 Å². The maximum Gasteiger partial charge on any atom is 0.347 e. The fraction of sp³-hybridized carbons (Fsp3) is 0.361. The molecular formula is C36H40Cl2N7O5-. The number of hydrogen-bond donors (Lipinski definition) is 1. The molecule has 2 atom stereocenters. The van der Waals surface area contributed by atoms with Crippen LogP contribution in [0.4, 0.5) is 11.4 Å². The van der Waals surface area contributed by atoms with E-state index >= 15 is 0 Å². The smallest absolute Gasteiger partial charge is 0.347 e. The third kappa shape index (κ3) is 8.34. The van der Waals surface area contributed by atoms with Gasteiger partial charge in [-0.1, -0.05) is 43.1 Å². The van der Waals surface area contributed by atoms with Crippen molar-refractivity contribution in [1.82, 2.24) is 24.3 Å². The van der Waals surface area contributed by atoms with Crippen LogP contribution in [0, 0.1) is 6.92 Å². The lowest BCUT2D eigenvalue weighted by Crippen LogP contribution is -2.46. The van der Waals surface area contributed by atoms with Gasteiger partial charge in [-0.3, -0.25) is 0 Å². The van der Waals surface area contributed by atoms with E-state index in [4.69, 9.17) is 37.4 Å². The van der Waals surface area contributed by atoms with Crippen molar-refractivity contribution >= 4 is 34.6 Å². The normalized spacial score (nSPS) is 19.1. The number of nitrogens with zero attached hydrogens (tertiary/aromatic N) is 6. The maximum absolute atomic E-state index is 12.1. The number of anilines is 2. The van der Waals surface area contributed by atoms with Crippen molar-refractivity contribution in [2.75, 3.05) is 49.2 Å². The number of aryl methyl sites for hydroxylation is 1.